The fraction of sp³-hybridized carbons (Fsp3) is 0.314. The summed E-state index contributed by atoms with van der Waals surface area (Å²) < 4.78 is 5.71. The van der Waals surface area contributed by atoms with Gasteiger partial charge in [-0.2, -0.15) is 0 Å². The smallest absolute Gasteiger partial charge is 0.241 e. The van der Waals surface area contributed by atoms with E-state index < -0.39 is 35.0 Å². The fourth-order valence-electron chi connectivity index (χ4n) is 8.07. The number of para-hydroxylation sites is 2. The van der Waals surface area contributed by atoms with Crippen LogP contribution in [-0.4, -0.2) is 35.3 Å². The molecule has 6 atom stereocenters. The van der Waals surface area contributed by atoms with E-state index >= 15 is 0 Å². The molecule has 9 heteroatoms. The maximum absolute atomic E-state index is 14.5. The number of carbonyl (C=O) groups is 4. The first-order valence-electron chi connectivity index (χ1n) is 14.9. The molecule has 0 spiro atoms. The molecule has 224 valence electrons. The van der Waals surface area contributed by atoms with Crippen LogP contribution in [0.4, 0.5) is 11.4 Å². The van der Waals surface area contributed by atoms with Crippen molar-refractivity contribution in [2.45, 2.75) is 32.6 Å². The van der Waals surface area contributed by atoms with E-state index in [4.69, 9.17) is 16.3 Å². The minimum atomic E-state index is -1.26. The van der Waals surface area contributed by atoms with Crippen molar-refractivity contribution < 1.29 is 29.0 Å². The van der Waals surface area contributed by atoms with Crippen molar-refractivity contribution in [3.05, 3.63) is 95.0 Å². The van der Waals surface area contributed by atoms with Gasteiger partial charge in [0.2, 0.25) is 23.6 Å². The van der Waals surface area contributed by atoms with E-state index in [1.165, 1.54) is 9.80 Å². The highest BCUT2D eigenvalue weighted by Crippen LogP contribution is 2.64. The second-order valence-electron chi connectivity index (χ2n) is 12.1. The standard InChI is InChI=1S/C35H31ClN2O6/c1-3-44-27-11-7-10-24(30(27)39)29-22-16-17-23-28(33(42)37(31(23)40)21-14-12-19(36)13-15-21)25(22)18-26-32(41)38(34(43)35(26,29)2)20-8-5-4-6-9-20/h4-16,23,25-26,28-29,39H,3,17-18H2,1-2H3/t23-,25+,26-,28-,29+,35+/m0/s1. The molecule has 4 aliphatic rings. The van der Waals surface area contributed by atoms with E-state index in [2.05, 4.69) is 0 Å². The zero-order chi connectivity index (χ0) is 30.9. The Kier molecular flexibility index (Phi) is 6.66. The third-order valence-corrected chi connectivity index (χ3v) is 10.3. The Morgan fingerprint density at radius 3 is 2.27 bits per heavy atom. The number of allylic oxidation sites excluding steroid dienone is 2. The number of benzene rings is 3. The SMILES string of the molecule is CCOc1cccc([C@H]2C3=CC[C@@H]4C(=O)N(c5ccc(Cl)cc5)C(=O)[C@@H]4[C@@H]3C[C@H]3C(=O)N(c4ccccc4)C(=O)[C@@]23C)c1O. The van der Waals surface area contributed by atoms with Gasteiger partial charge in [0.05, 0.1) is 41.2 Å². The molecule has 2 aliphatic carbocycles. The van der Waals surface area contributed by atoms with E-state index in [-0.39, 0.29) is 41.5 Å². The van der Waals surface area contributed by atoms with Crippen molar-refractivity contribution in [1.82, 2.24) is 0 Å². The highest BCUT2D eigenvalue weighted by Gasteiger charge is 2.68. The first-order valence-corrected chi connectivity index (χ1v) is 15.3. The Morgan fingerprint density at radius 1 is 0.864 bits per heavy atom. The molecule has 4 amide bonds. The number of phenolic OH excluding ortho intramolecular Hbond substituents is 1. The van der Waals surface area contributed by atoms with Gasteiger partial charge in [0.1, 0.15) is 0 Å². The van der Waals surface area contributed by atoms with Crippen molar-refractivity contribution in [1.29, 1.82) is 0 Å². The van der Waals surface area contributed by atoms with Crippen molar-refractivity contribution in [2.24, 2.45) is 29.1 Å². The number of carbonyl (C=O) groups excluding carboxylic acids is 4. The van der Waals surface area contributed by atoms with Crippen LogP contribution in [0.5, 0.6) is 11.5 Å². The van der Waals surface area contributed by atoms with Gasteiger partial charge >= 0.3 is 0 Å². The number of rotatable bonds is 5. The van der Waals surface area contributed by atoms with Gasteiger partial charge in [0.15, 0.2) is 11.5 Å². The van der Waals surface area contributed by atoms with Crippen LogP contribution in [-0.2, 0) is 19.2 Å². The second kappa shape index (κ2) is 10.3. The molecule has 1 saturated carbocycles. The largest absolute Gasteiger partial charge is 0.504 e. The number of phenols is 1. The molecule has 3 aromatic carbocycles. The molecular formula is C35H31ClN2O6. The zero-order valence-electron chi connectivity index (χ0n) is 24.3. The number of nitrogens with zero attached hydrogens (tertiary/aromatic N) is 2. The minimum absolute atomic E-state index is 0.0991. The van der Waals surface area contributed by atoms with Gasteiger partial charge in [0, 0.05) is 16.5 Å². The highest BCUT2D eigenvalue weighted by molar-refractivity contribution is 6.31. The lowest BCUT2D eigenvalue weighted by Crippen LogP contribution is -2.48. The van der Waals surface area contributed by atoms with Gasteiger partial charge in [-0.05, 0) is 75.1 Å². The topological polar surface area (TPSA) is 104 Å². The Balaban J connectivity index is 1.38. The average molecular weight is 611 g/mol. The number of halogens is 1. The number of aromatic hydroxyl groups is 1. The molecule has 2 heterocycles. The van der Waals surface area contributed by atoms with Crippen LogP contribution in [0.1, 0.15) is 38.2 Å². The van der Waals surface area contributed by atoms with Crippen LogP contribution in [0.2, 0.25) is 5.02 Å². The Hall–Kier alpha value is -4.43. The fourth-order valence-corrected chi connectivity index (χ4v) is 8.20. The number of anilines is 2. The molecule has 2 saturated heterocycles. The Morgan fingerprint density at radius 2 is 1.57 bits per heavy atom. The molecular weight excluding hydrogens is 580 g/mol. The van der Waals surface area contributed by atoms with E-state index in [0.29, 0.717) is 35.0 Å². The molecule has 1 N–H and O–H groups in total. The van der Waals surface area contributed by atoms with E-state index in [9.17, 15) is 24.3 Å². The predicted molar refractivity (Wildman–Crippen MR) is 164 cm³/mol. The number of fused-ring (bicyclic) bond motifs is 4. The minimum Gasteiger partial charge on any atom is -0.504 e. The summed E-state index contributed by atoms with van der Waals surface area (Å²) in [6.07, 6.45) is 2.50. The van der Waals surface area contributed by atoms with Crippen LogP contribution in [0, 0.1) is 29.1 Å². The normalized spacial score (nSPS) is 29.3. The molecule has 3 fully saturated rings. The lowest BCUT2D eigenvalue weighted by Gasteiger charge is -2.49. The molecule has 7 rings (SSSR count). The summed E-state index contributed by atoms with van der Waals surface area (Å²) in [5, 5.41) is 12.0. The maximum Gasteiger partial charge on any atom is 0.241 e. The number of ether oxygens (including phenoxy) is 1. The van der Waals surface area contributed by atoms with Crippen molar-refractivity contribution in [3.8, 4) is 11.5 Å². The first kappa shape index (κ1) is 28.3. The summed E-state index contributed by atoms with van der Waals surface area (Å²) in [5.74, 6) is -4.47. The lowest BCUT2D eigenvalue weighted by atomic mass is 9.51. The van der Waals surface area contributed by atoms with Crippen molar-refractivity contribution >= 4 is 46.6 Å². The molecule has 2 aliphatic heterocycles. The monoisotopic (exact) mass is 610 g/mol. The van der Waals surface area contributed by atoms with Crippen LogP contribution < -0.4 is 14.5 Å². The third kappa shape index (κ3) is 3.90. The van der Waals surface area contributed by atoms with Gasteiger partial charge in [-0.3, -0.25) is 24.1 Å². The van der Waals surface area contributed by atoms with Crippen molar-refractivity contribution in [2.75, 3.05) is 16.4 Å². The van der Waals surface area contributed by atoms with Gasteiger partial charge < -0.3 is 9.84 Å². The predicted octanol–water partition coefficient (Wildman–Crippen LogP) is 5.88. The molecule has 3 aromatic rings. The van der Waals surface area contributed by atoms with E-state index in [0.717, 1.165) is 5.57 Å². The Bertz CT molecular complexity index is 1740. The first-order chi connectivity index (χ1) is 21.2. The van der Waals surface area contributed by atoms with E-state index in [1.807, 2.05) is 19.1 Å². The van der Waals surface area contributed by atoms with Crippen LogP contribution in [0.3, 0.4) is 0 Å². The van der Waals surface area contributed by atoms with Gasteiger partial charge in [-0.1, -0.05) is 53.6 Å². The maximum atomic E-state index is 14.5. The zero-order valence-corrected chi connectivity index (χ0v) is 25.0. The second-order valence-corrected chi connectivity index (χ2v) is 12.5. The summed E-state index contributed by atoms with van der Waals surface area (Å²) in [5.41, 5.74) is 0.915. The third-order valence-electron chi connectivity index (χ3n) is 10.0. The summed E-state index contributed by atoms with van der Waals surface area (Å²) in [6.45, 7) is 3.94. The van der Waals surface area contributed by atoms with Crippen LogP contribution >= 0.6 is 11.6 Å². The van der Waals surface area contributed by atoms with Crippen molar-refractivity contribution in [3.63, 3.8) is 0 Å². The van der Waals surface area contributed by atoms with E-state index in [1.54, 1.807) is 73.7 Å². The van der Waals surface area contributed by atoms with Crippen LogP contribution in [0.25, 0.3) is 0 Å². The van der Waals surface area contributed by atoms with Gasteiger partial charge in [-0.25, -0.2) is 4.90 Å². The number of hydrogen-bond acceptors (Lipinski definition) is 6. The van der Waals surface area contributed by atoms with Gasteiger partial charge in [0.25, 0.3) is 0 Å². The highest BCUT2D eigenvalue weighted by atomic mass is 35.5. The lowest BCUT2D eigenvalue weighted by molar-refractivity contribution is -0.131. The van der Waals surface area contributed by atoms with Gasteiger partial charge in [-0.15, -0.1) is 0 Å². The summed E-state index contributed by atoms with van der Waals surface area (Å²) >= 11 is 6.08. The quantitative estimate of drug-likeness (QED) is 0.286. The average Bonchev–Trinajstić information content (AvgIpc) is 3.39. The summed E-state index contributed by atoms with van der Waals surface area (Å²) in [4.78, 5) is 59.1. The Labute approximate surface area is 259 Å². The number of amides is 4. The molecule has 0 radical (unpaired) electrons. The molecule has 8 nitrogen and oxygen atoms in total. The van der Waals surface area contributed by atoms with Crippen LogP contribution in [0.15, 0.2) is 84.4 Å². The number of imide groups is 2. The molecule has 0 aromatic heterocycles. The molecule has 44 heavy (non-hydrogen) atoms. The number of hydrogen-bond donors (Lipinski definition) is 1. The molecule has 0 bridgehead atoms. The molecule has 0 unspecified atom stereocenters. The summed E-state index contributed by atoms with van der Waals surface area (Å²) in [7, 11) is 0. The summed E-state index contributed by atoms with van der Waals surface area (Å²) in [6, 6.07) is 20.6.